The summed E-state index contributed by atoms with van der Waals surface area (Å²) in [5.74, 6) is -0.661. The molecule has 0 saturated heterocycles. The molecule has 0 heterocycles. The van der Waals surface area contributed by atoms with Gasteiger partial charge in [0, 0.05) is 19.6 Å². The molecule has 0 aromatic rings. The van der Waals surface area contributed by atoms with Crippen molar-refractivity contribution >= 4 is 16.0 Å². The number of carbonyl (C=O) groups is 1. The molecule has 0 aromatic carbocycles. The monoisotopic (exact) mass is 413 g/mol. The van der Waals surface area contributed by atoms with E-state index in [1.807, 2.05) is 6.08 Å². The molecule has 0 aliphatic heterocycles. The lowest BCUT2D eigenvalue weighted by molar-refractivity contribution is -0.121. The Morgan fingerprint density at radius 3 is 1.79 bits per heavy atom. The van der Waals surface area contributed by atoms with Gasteiger partial charge in [-0.3, -0.25) is 9.35 Å². The molecule has 6 nitrogen and oxygen atoms in total. The topological polar surface area (TPSA) is 104 Å². The molecular weight excluding hydrogens is 378 g/mol. The summed E-state index contributed by atoms with van der Waals surface area (Å²) in [6.07, 6.45) is 24.4. The van der Waals surface area contributed by atoms with Gasteiger partial charge >= 0.3 is 0 Å². The Morgan fingerprint density at radius 1 is 0.786 bits per heavy atom. The number of hydrogen-bond donors (Lipinski definition) is 3. The first-order chi connectivity index (χ1) is 13.5. The Hall–Kier alpha value is -1.70. The number of allylic oxidation sites excluding steroid dienone is 8. The minimum absolute atomic E-state index is 0.0618. The Bertz CT molecular complexity index is 606. The first-order valence-corrected chi connectivity index (χ1v) is 11.5. The van der Waals surface area contributed by atoms with Crippen LogP contribution in [0.25, 0.3) is 0 Å². The summed E-state index contributed by atoms with van der Waals surface area (Å²) in [7, 11) is -4.02. The maximum absolute atomic E-state index is 11.4. The van der Waals surface area contributed by atoms with Crippen LogP contribution in [0.2, 0.25) is 0 Å². The third kappa shape index (κ3) is 22.3. The highest BCUT2D eigenvalue weighted by atomic mass is 32.2. The Morgan fingerprint density at radius 2 is 1.29 bits per heavy atom. The molecule has 7 heteroatoms. The van der Waals surface area contributed by atoms with Gasteiger partial charge in [-0.15, -0.1) is 0 Å². The molecule has 0 fully saturated rings. The van der Waals surface area contributed by atoms with Crippen LogP contribution in [0.1, 0.15) is 57.8 Å². The van der Waals surface area contributed by atoms with Crippen LogP contribution >= 0.6 is 0 Å². The second kappa shape index (κ2) is 18.7. The van der Waals surface area contributed by atoms with Crippen LogP contribution in [0.5, 0.6) is 0 Å². The largest absolute Gasteiger partial charge is 0.396 e. The van der Waals surface area contributed by atoms with E-state index in [1.165, 1.54) is 0 Å². The molecule has 0 radical (unpaired) electrons. The Labute approximate surface area is 169 Å². The third-order valence-corrected chi connectivity index (χ3v) is 4.44. The average molecular weight is 414 g/mol. The first-order valence-electron chi connectivity index (χ1n) is 9.88. The van der Waals surface area contributed by atoms with Crippen molar-refractivity contribution in [3.8, 4) is 0 Å². The molecule has 1 amide bonds. The molecule has 0 aliphatic rings. The van der Waals surface area contributed by atoms with Gasteiger partial charge in [0.05, 0.1) is 5.75 Å². The van der Waals surface area contributed by atoms with Crippen molar-refractivity contribution in [2.75, 3.05) is 18.9 Å². The van der Waals surface area contributed by atoms with Gasteiger partial charge in [-0.25, -0.2) is 0 Å². The number of unbranched alkanes of at least 4 members (excludes halogenated alkanes) is 3. The summed E-state index contributed by atoms with van der Waals surface area (Å²) in [5.41, 5.74) is 0. The summed E-state index contributed by atoms with van der Waals surface area (Å²) >= 11 is 0. The van der Waals surface area contributed by atoms with E-state index in [-0.39, 0.29) is 19.1 Å². The molecule has 28 heavy (non-hydrogen) atoms. The van der Waals surface area contributed by atoms with E-state index in [0.717, 1.165) is 44.9 Å². The number of rotatable bonds is 17. The quantitative estimate of drug-likeness (QED) is 0.192. The predicted molar refractivity (Wildman–Crippen MR) is 115 cm³/mol. The van der Waals surface area contributed by atoms with E-state index in [0.29, 0.717) is 12.8 Å². The highest BCUT2D eigenvalue weighted by Gasteiger charge is 2.05. The molecule has 3 N–H and O–H groups in total. The van der Waals surface area contributed by atoms with Crippen LogP contribution in [0.15, 0.2) is 48.6 Å². The second-order valence-corrected chi connectivity index (χ2v) is 7.91. The molecule has 0 bridgehead atoms. The van der Waals surface area contributed by atoms with E-state index in [1.54, 1.807) is 0 Å². The van der Waals surface area contributed by atoms with E-state index in [4.69, 9.17) is 9.66 Å². The fraction of sp³-hybridized carbons (Fsp3) is 0.571. The normalized spacial score (nSPS) is 12.8. The van der Waals surface area contributed by atoms with Crippen molar-refractivity contribution in [3.05, 3.63) is 48.6 Å². The fourth-order valence-electron chi connectivity index (χ4n) is 2.21. The molecular formula is C21H35NO5S. The van der Waals surface area contributed by atoms with Crippen LogP contribution in [-0.4, -0.2) is 42.9 Å². The standard InChI is InChI=1S/C21H35NO5S/c23-19-16-14-12-10-8-6-4-2-1-3-5-7-9-11-13-15-17-21(24)22-18-20-28(25,26)27/h2-5,8-11,23H,1,6-7,12-20H2,(H,22,24)(H,25,26,27)/b4-2-,5-3-,10-8-,11-9-. The SMILES string of the molecule is O=C(CCC/C=C\C/C=C\C/C=C\C/C=C\CCCCO)NCCS(=O)(=O)O. The highest BCUT2D eigenvalue weighted by Crippen LogP contribution is 2.00. The van der Waals surface area contributed by atoms with Crippen molar-refractivity contribution in [1.82, 2.24) is 5.32 Å². The first kappa shape index (κ1) is 26.3. The van der Waals surface area contributed by atoms with E-state index in [2.05, 4.69) is 47.8 Å². The molecule has 0 rings (SSSR count). The van der Waals surface area contributed by atoms with E-state index in [9.17, 15) is 13.2 Å². The van der Waals surface area contributed by atoms with Gasteiger partial charge in [0.1, 0.15) is 0 Å². The van der Waals surface area contributed by atoms with Crippen molar-refractivity contribution < 1.29 is 22.9 Å². The molecule has 0 aromatic heterocycles. The lowest BCUT2D eigenvalue weighted by atomic mass is 10.2. The maximum atomic E-state index is 11.4. The van der Waals surface area contributed by atoms with Gasteiger partial charge in [0.15, 0.2) is 0 Å². The molecule has 0 spiro atoms. The third-order valence-electron chi connectivity index (χ3n) is 3.72. The molecule has 0 atom stereocenters. The summed E-state index contributed by atoms with van der Waals surface area (Å²) in [6, 6.07) is 0. The van der Waals surface area contributed by atoms with Gasteiger partial charge < -0.3 is 10.4 Å². The number of nitrogens with one attached hydrogen (secondary N) is 1. The summed E-state index contributed by atoms with van der Waals surface area (Å²) in [4.78, 5) is 11.4. The predicted octanol–water partition coefficient (Wildman–Crippen LogP) is 3.72. The summed E-state index contributed by atoms with van der Waals surface area (Å²) in [5, 5.41) is 11.1. The van der Waals surface area contributed by atoms with E-state index < -0.39 is 15.9 Å². The average Bonchev–Trinajstić information content (AvgIpc) is 2.63. The number of amides is 1. The Kier molecular flexibility index (Phi) is 17.5. The summed E-state index contributed by atoms with van der Waals surface area (Å²) in [6.45, 7) is 0.210. The lowest BCUT2D eigenvalue weighted by Crippen LogP contribution is -2.28. The Balaban J connectivity index is 3.53. The smallest absolute Gasteiger partial charge is 0.266 e. The van der Waals surface area contributed by atoms with Crippen molar-refractivity contribution in [3.63, 3.8) is 0 Å². The number of aliphatic hydroxyl groups is 1. The molecule has 160 valence electrons. The van der Waals surface area contributed by atoms with Crippen molar-refractivity contribution in [2.45, 2.75) is 57.8 Å². The molecule has 0 unspecified atom stereocenters. The van der Waals surface area contributed by atoms with Crippen LogP contribution in [0.4, 0.5) is 0 Å². The zero-order valence-electron chi connectivity index (χ0n) is 16.6. The highest BCUT2D eigenvalue weighted by molar-refractivity contribution is 7.85. The number of aliphatic hydroxyl groups excluding tert-OH is 1. The number of hydrogen-bond acceptors (Lipinski definition) is 4. The van der Waals surface area contributed by atoms with E-state index >= 15 is 0 Å². The zero-order chi connectivity index (χ0) is 20.9. The summed E-state index contributed by atoms with van der Waals surface area (Å²) < 4.78 is 29.6. The zero-order valence-corrected chi connectivity index (χ0v) is 17.4. The van der Waals surface area contributed by atoms with Crippen molar-refractivity contribution in [1.29, 1.82) is 0 Å². The van der Waals surface area contributed by atoms with Gasteiger partial charge in [-0.05, 0) is 51.4 Å². The maximum Gasteiger partial charge on any atom is 0.266 e. The van der Waals surface area contributed by atoms with Gasteiger partial charge in [0.2, 0.25) is 5.91 Å². The molecule has 0 saturated carbocycles. The van der Waals surface area contributed by atoms with Gasteiger partial charge in [0.25, 0.3) is 10.1 Å². The minimum Gasteiger partial charge on any atom is -0.396 e. The molecule has 0 aliphatic carbocycles. The minimum atomic E-state index is -4.02. The van der Waals surface area contributed by atoms with Gasteiger partial charge in [-0.2, -0.15) is 8.42 Å². The number of carbonyl (C=O) groups excluding carboxylic acids is 1. The van der Waals surface area contributed by atoms with Crippen LogP contribution in [0, 0.1) is 0 Å². The van der Waals surface area contributed by atoms with Crippen molar-refractivity contribution in [2.24, 2.45) is 0 Å². The van der Waals surface area contributed by atoms with Crippen LogP contribution in [0.3, 0.4) is 0 Å². The van der Waals surface area contributed by atoms with Crippen LogP contribution < -0.4 is 5.32 Å². The van der Waals surface area contributed by atoms with Gasteiger partial charge in [-0.1, -0.05) is 48.6 Å². The second-order valence-electron chi connectivity index (χ2n) is 6.34. The fourth-order valence-corrected chi connectivity index (χ4v) is 2.57. The van der Waals surface area contributed by atoms with Crippen LogP contribution in [-0.2, 0) is 14.9 Å². The lowest BCUT2D eigenvalue weighted by Gasteiger charge is -2.02.